The number of anilines is 1. The lowest BCUT2D eigenvalue weighted by Gasteiger charge is -2.39. The number of nitrogens with zero attached hydrogens (tertiary/aromatic N) is 2. The first-order valence-electron chi connectivity index (χ1n) is 6.17. The zero-order chi connectivity index (χ0) is 10.8. The third-order valence-corrected chi connectivity index (χ3v) is 3.87. The topological polar surface area (TPSA) is 25.4 Å². The summed E-state index contributed by atoms with van der Waals surface area (Å²) in [5.41, 5.74) is 1.47. The van der Waals surface area contributed by atoms with Gasteiger partial charge in [-0.2, -0.15) is 0 Å². The van der Waals surface area contributed by atoms with Crippen LogP contribution in [-0.4, -0.2) is 30.3 Å². The molecule has 0 aliphatic carbocycles. The van der Waals surface area contributed by atoms with Crippen LogP contribution in [0.5, 0.6) is 0 Å². The average molecular weight is 218 g/mol. The van der Waals surface area contributed by atoms with Crippen molar-refractivity contribution in [3.05, 3.63) is 24.5 Å². The highest BCUT2D eigenvalue weighted by atomic mass is 16.5. The van der Waals surface area contributed by atoms with Crippen molar-refractivity contribution in [1.82, 2.24) is 4.98 Å². The fraction of sp³-hybridized carbons (Fsp3) is 0.615. The number of hydrogen-bond acceptors (Lipinski definition) is 3. The van der Waals surface area contributed by atoms with E-state index in [0.717, 1.165) is 19.7 Å². The van der Waals surface area contributed by atoms with Crippen molar-refractivity contribution >= 4 is 5.69 Å². The molecule has 2 fully saturated rings. The highest BCUT2D eigenvalue weighted by Crippen LogP contribution is 2.36. The zero-order valence-corrected chi connectivity index (χ0v) is 9.56. The second kappa shape index (κ2) is 4.06. The minimum Gasteiger partial charge on any atom is -0.375 e. The first kappa shape index (κ1) is 10.1. The van der Waals surface area contributed by atoms with Crippen LogP contribution in [0.1, 0.15) is 25.7 Å². The van der Waals surface area contributed by atoms with Crippen molar-refractivity contribution in [1.29, 1.82) is 0 Å². The van der Waals surface area contributed by atoms with Gasteiger partial charge in [-0.3, -0.25) is 4.98 Å². The lowest BCUT2D eigenvalue weighted by atomic mass is 9.88. The Labute approximate surface area is 96.4 Å². The summed E-state index contributed by atoms with van der Waals surface area (Å²) in [6.07, 6.45) is 8.62. The third kappa shape index (κ3) is 1.80. The maximum Gasteiger partial charge on any atom is 0.0717 e. The summed E-state index contributed by atoms with van der Waals surface area (Å²) in [4.78, 5) is 6.59. The maximum atomic E-state index is 5.92. The van der Waals surface area contributed by atoms with E-state index >= 15 is 0 Å². The molecule has 3 heterocycles. The molecule has 1 spiro atoms. The quantitative estimate of drug-likeness (QED) is 0.722. The summed E-state index contributed by atoms with van der Waals surface area (Å²) in [5, 5.41) is 0. The van der Waals surface area contributed by atoms with E-state index in [-0.39, 0.29) is 5.60 Å². The lowest BCUT2D eigenvalue weighted by molar-refractivity contribution is -0.0146. The Kier molecular flexibility index (Phi) is 2.56. The Morgan fingerprint density at radius 3 is 2.75 bits per heavy atom. The molecular formula is C13H18N2O. The summed E-state index contributed by atoms with van der Waals surface area (Å²) in [5.74, 6) is 0. The van der Waals surface area contributed by atoms with Gasteiger partial charge in [0, 0.05) is 25.9 Å². The molecule has 2 aliphatic rings. The number of piperidine rings is 1. The predicted molar refractivity (Wildman–Crippen MR) is 63.6 cm³/mol. The van der Waals surface area contributed by atoms with Crippen molar-refractivity contribution in [2.24, 2.45) is 0 Å². The molecule has 3 nitrogen and oxygen atoms in total. The molecule has 2 saturated heterocycles. The molecule has 0 unspecified atom stereocenters. The van der Waals surface area contributed by atoms with E-state index in [1.807, 2.05) is 18.5 Å². The Morgan fingerprint density at radius 1 is 1.25 bits per heavy atom. The van der Waals surface area contributed by atoms with E-state index in [0.29, 0.717) is 0 Å². The summed E-state index contributed by atoms with van der Waals surface area (Å²) < 4.78 is 5.92. The molecule has 16 heavy (non-hydrogen) atoms. The van der Waals surface area contributed by atoms with Crippen molar-refractivity contribution in [2.75, 3.05) is 24.6 Å². The minimum absolute atomic E-state index is 0.221. The van der Waals surface area contributed by atoms with E-state index in [1.54, 1.807) is 0 Å². The Morgan fingerprint density at radius 2 is 2.12 bits per heavy atom. The first-order valence-corrected chi connectivity index (χ1v) is 6.17. The van der Waals surface area contributed by atoms with Crippen LogP contribution >= 0.6 is 0 Å². The molecule has 0 aromatic carbocycles. The molecule has 0 amide bonds. The molecule has 2 aliphatic heterocycles. The summed E-state index contributed by atoms with van der Waals surface area (Å²) in [7, 11) is 0. The van der Waals surface area contributed by atoms with Gasteiger partial charge in [0.05, 0.1) is 17.5 Å². The second-order valence-electron chi connectivity index (χ2n) is 4.83. The molecule has 0 bridgehead atoms. The van der Waals surface area contributed by atoms with Crippen molar-refractivity contribution in [3.8, 4) is 0 Å². The maximum absolute atomic E-state index is 5.92. The molecular weight excluding hydrogens is 200 g/mol. The molecule has 0 N–H and O–H groups in total. The number of ether oxygens (including phenoxy) is 1. The molecule has 0 atom stereocenters. The second-order valence-corrected chi connectivity index (χ2v) is 4.83. The summed E-state index contributed by atoms with van der Waals surface area (Å²) in [6, 6.07) is 4.15. The van der Waals surface area contributed by atoms with Crippen LogP contribution in [0.4, 0.5) is 5.69 Å². The molecule has 0 saturated carbocycles. The predicted octanol–water partition coefficient (Wildman–Crippen LogP) is 2.23. The highest BCUT2D eigenvalue weighted by molar-refractivity contribution is 5.44. The van der Waals surface area contributed by atoms with Gasteiger partial charge >= 0.3 is 0 Å². The van der Waals surface area contributed by atoms with Crippen LogP contribution in [0.2, 0.25) is 0 Å². The third-order valence-electron chi connectivity index (χ3n) is 3.87. The standard InChI is InChI=1S/C13H18N2O/c1-3-12(11-14-7-1)15-8-5-13(6-9-15)4-2-10-16-13/h1,3,7,11H,2,4-6,8-10H2. The van der Waals surface area contributed by atoms with E-state index in [4.69, 9.17) is 4.74 Å². The van der Waals surface area contributed by atoms with Gasteiger partial charge in [-0.05, 0) is 37.8 Å². The fourth-order valence-electron chi connectivity index (χ4n) is 2.86. The Hall–Kier alpha value is -1.09. The smallest absolute Gasteiger partial charge is 0.0717 e. The number of aromatic nitrogens is 1. The van der Waals surface area contributed by atoms with Crippen LogP contribution in [0.15, 0.2) is 24.5 Å². The van der Waals surface area contributed by atoms with Gasteiger partial charge in [-0.15, -0.1) is 0 Å². The molecule has 1 aromatic heterocycles. The largest absolute Gasteiger partial charge is 0.375 e. The highest BCUT2D eigenvalue weighted by Gasteiger charge is 2.38. The normalized spacial score (nSPS) is 23.9. The zero-order valence-electron chi connectivity index (χ0n) is 9.56. The molecule has 1 aromatic rings. The van der Waals surface area contributed by atoms with Crippen molar-refractivity contribution < 1.29 is 4.74 Å². The van der Waals surface area contributed by atoms with Crippen LogP contribution < -0.4 is 4.90 Å². The monoisotopic (exact) mass is 218 g/mol. The average Bonchev–Trinajstić information content (AvgIpc) is 2.80. The van der Waals surface area contributed by atoms with Gasteiger partial charge in [0.25, 0.3) is 0 Å². The van der Waals surface area contributed by atoms with Gasteiger partial charge < -0.3 is 9.64 Å². The van der Waals surface area contributed by atoms with Crippen molar-refractivity contribution in [2.45, 2.75) is 31.3 Å². The van der Waals surface area contributed by atoms with E-state index < -0.39 is 0 Å². The van der Waals surface area contributed by atoms with E-state index in [9.17, 15) is 0 Å². The molecule has 3 rings (SSSR count). The Bertz CT molecular complexity index is 336. The van der Waals surface area contributed by atoms with Crippen LogP contribution in [0, 0.1) is 0 Å². The fourth-order valence-corrected chi connectivity index (χ4v) is 2.86. The number of hydrogen-bond donors (Lipinski definition) is 0. The van der Waals surface area contributed by atoms with Crippen LogP contribution in [0.25, 0.3) is 0 Å². The van der Waals surface area contributed by atoms with Gasteiger partial charge in [-0.1, -0.05) is 0 Å². The van der Waals surface area contributed by atoms with Gasteiger partial charge in [-0.25, -0.2) is 0 Å². The SMILES string of the molecule is c1cncc(N2CCC3(CCCO3)CC2)c1. The molecule has 3 heteroatoms. The summed E-state index contributed by atoms with van der Waals surface area (Å²) in [6.45, 7) is 3.17. The van der Waals surface area contributed by atoms with Crippen LogP contribution in [-0.2, 0) is 4.74 Å². The lowest BCUT2D eigenvalue weighted by Crippen LogP contribution is -2.44. The van der Waals surface area contributed by atoms with E-state index in [2.05, 4.69) is 16.0 Å². The number of pyridine rings is 1. The van der Waals surface area contributed by atoms with Crippen LogP contribution in [0.3, 0.4) is 0 Å². The number of rotatable bonds is 1. The van der Waals surface area contributed by atoms with Gasteiger partial charge in [0.15, 0.2) is 0 Å². The van der Waals surface area contributed by atoms with E-state index in [1.165, 1.54) is 31.4 Å². The Balaban J connectivity index is 1.66. The minimum atomic E-state index is 0.221. The van der Waals surface area contributed by atoms with Gasteiger partial charge in [0.1, 0.15) is 0 Å². The summed E-state index contributed by atoms with van der Waals surface area (Å²) >= 11 is 0. The van der Waals surface area contributed by atoms with Gasteiger partial charge in [0.2, 0.25) is 0 Å². The van der Waals surface area contributed by atoms with Crippen molar-refractivity contribution in [3.63, 3.8) is 0 Å². The molecule has 0 radical (unpaired) electrons. The molecule has 86 valence electrons. The first-order chi connectivity index (χ1) is 7.88.